The van der Waals surface area contributed by atoms with Gasteiger partial charge >= 0.3 is 0 Å². The molecule has 1 heterocycles. The van der Waals surface area contributed by atoms with Gasteiger partial charge in [-0.1, -0.05) is 23.7 Å². The third-order valence-corrected chi connectivity index (χ3v) is 3.24. The van der Waals surface area contributed by atoms with E-state index in [9.17, 15) is 0 Å². The summed E-state index contributed by atoms with van der Waals surface area (Å²) in [6.07, 6.45) is 0. The van der Waals surface area contributed by atoms with Gasteiger partial charge in [0.05, 0.1) is 12.6 Å². The predicted molar refractivity (Wildman–Crippen MR) is 83.0 cm³/mol. The van der Waals surface area contributed by atoms with Gasteiger partial charge in [-0.25, -0.2) is 4.98 Å². The molecule has 0 aliphatic rings. The molecule has 0 bridgehead atoms. The van der Waals surface area contributed by atoms with Crippen LogP contribution in [0.1, 0.15) is 0 Å². The summed E-state index contributed by atoms with van der Waals surface area (Å²) in [5.41, 5.74) is 1.80. The van der Waals surface area contributed by atoms with E-state index in [4.69, 9.17) is 16.3 Å². The molecule has 0 aliphatic carbocycles. The van der Waals surface area contributed by atoms with Gasteiger partial charge in [-0.3, -0.25) is 0 Å². The third-order valence-electron chi connectivity index (χ3n) is 3.01. The fraction of sp³-hybridized carbons (Fsp3) is 0.0625. The smallest absolute Gasteiger partial charge is 0.131 e. The monoisotopic (exact) mass is 284 g/mol. The molecule has 0 saturated carbocycles. The molecule has 4 heteroatoms. The van der Waals surface area contributed by atoms with Crippen molar-refractivity contribution in [2.75, 3.05) is 12.4 Å². The maximum Gasteiger partial charge on any atom is 0.131 e. The van der Waals surface area contributed by atoms with Gasteiger partial charge in [0, 0.05) is 16.1 Å². The number of methoxy groups -OCH3 is 1. The summed E-state index contributed by atoms with van der Waals surface area (Å²) < 4.78 is 5.32. The van der Waals surface area contributed by atoms with Crippen LogP contribution in [0.25, 0.3) is 10.9 Å². The number of pyridine rings is 1. The zero-order chi connectivity index (χ0) is 13.9. The van der Waals surface area contributed by atoms with E-state index in [0.29, 0.717) is 5.02 Å². The second kappa shape index (κ2) is 5.39. The second-order valence-corrected chi connectivity index (χ2v) is 4.80. The molecule has 0 saturated heterocycles. The lowest BCUT2D eigenvalue weighted by Gasteiger charge is -2.09. The Morgan fingerprint density at radius 3 is 2.70 bits per heavy atom. The van der Waals surface area contributed by atoms with Gasteiger partial charge in [-0.15, -0.1) is 0 Å². The van der Waals surface area contributed by atoms with Gasteiger partial charge in [0.1, 0.15) is 11.6 Å². The van der Waals surface area contributed by atoms with E-state index in [-0.39, 0.29) is 0 Å². The molecule has 0 aliphatic heterocycles. The number of anilines is 2. The molecular formula is C16H13ClN2O. The first-order valence-corrected chi connectivity index (χ1v) is 6.60. The lowest BCUT2D eigenvalue weighted by atomic mass is 10.2. The molecule has 3 nitrogen and oxygen atoms in total. The van der Waals surface area contributed by atoms with Crippen molar-refractivity contribution in [3.8, 4) is 5.75 Å². The number of rotatable bonds is 3. The largest absolute Gasteiger partial charge is 0.496 e. The first-order valence-electron chi connectivity index (χ1n) is 6.22. The van der Waals surface area contributed by atoms with Crippen LogP contribution < -0.4 is 10.1 Å². The summed E-state index contributed by atoms with van der Waals surface area (Å²) in [5, 5.41) is 4.92. The minimum Gasteiger partial charge on any atom is -0.496 e. The van der Waals surface area contributed by atoms with Crippen molar-refractivity contribution < 1.29 is 4.74 Å². The van der Waals surface area contributed by atoms with Crippen molar-refractivity contribution in [1.82, 2.24) is 4.98 Å². The molecule has 0 unspecified atom stereocenters. The minimum absolute atomic E-state index is 0.692. The van der Waals surface area contributed by atoms with Crippen molar-refractivity contribution in [3.05, 3.63) is 59.6 Å². The van der Waals surface area contributed by atoms with Crippen molar-refractivity contribution in [2.45, 2.75) is 0 Å². The molecule has 0 fully saturated rings. The highest BCUT2D eigenvalue weighted by molar-refractivity contribution is 6.30. The summed E-state index contributed by atoms with van der Waals surface area (Å²) in [4.78, 5) is 4.57. The van der Waals surface area contributed by atoms with Gasteiger partial charge in [-0.2, -0.15) is 0 Å². The average Bonchev–Trinajstić information content (AvgIpc) is 2.46. The Bertz CT molecular complexity index is 758. The zero-order valence-electron chi connectivity index (χ0n) is 10.9. The van der Waals surface area contributed by atoms with Crippen LogP contribution in [-0.4, -0.2) is 12.1 Å². The number of hydrogen-bond donors (Lipinski definition) is 1. The number of halogens is 1. The van der Waals surface area contributed by atoms with E-state index < -0.39 is 0 Å². The van der Waals surface area contributed by atoms with Crippen molar-refractivity contribution in [1.29, 1.82) is 0 Å². The van der Waals surface area contributed by atoms with Gasteiger partial charge in [0.25, 0.3) is 0 Å². The topological polar surface area (TPSA) is 34.1 Å². The quantitative estimate of drug-likeness (QED) is 0.761. The molecule has 0 radical (unpaired) electrons. The van der Waals surface area contributed by atoms with Crippen LogP contribution in [0, 0.1) is 0 Å². The molecular weight excluding hydrogens is 272 g/mol. The minimum atomic E-state index is 0.692. The Morgan fingerprint density at radius 2 is 1.90 bits per heavy atom. The molecule has 2 aromatic carbocycles. The summed E-state index contributed by atoms with van der Waals surface area (Å²) in [6.45, 7) is 0. The van der Waals surface area contributed by atoms with E-state index in [1.807, 2.05) is 54.6 Å². The van der Waals surface area contributed by atoms with Crippen LogP contribution in [-0.2, 0) is 0 Å². The normalized spacial score (nSPS) is 10.5. The number of aromatic nitrogens is 1. The molecule has 20 heavy (non-hydrogen) atoms. The average molecular weight is 285 g/mol. The third kappa shape index (κ3) is 2.53. The fourth-order valence-electron chi connectivity index (χ4n) is 2.09. The molecule has 0 atom stereocenters. The van der Waals surface area contributed by atoms with Crippen LogP contribution in [0.4, 0.5) is 11.5 Å². The molecule has 3 aromatic rings. The number of ether oxygens (including phenoxy) is 1. The predicted octanol–water partition coefficient (Wildman–Crippen LogP) is 4.64. The highest BCUT2D eigenvalue weighted by atomic mass is 35.5. The van der Waals surface area contributed by atoms with Gasteiger partial charge < -0.3 is 10.1 Å². The van der Waals surface area contributed by atoms with Crippen LogP contribution in [0.15, 0.2) is 54.6 Å². The van der Waals surface area contributed by atoms with E-state index in [0.717, 1.165) is 28.2 Å². The fourth-order valence-corrected chi connectivity index (χ4v) is 2.28. The zero-order valence-corrected chi connectivity index (χ0v) is 11.7. The molecule has 3 rings (SSSR count). The molecule has 0 amide bonds. The Kier molecular flexibility index (Phi) is 3.44. The highest BCUT2D eigenvalue weighted by Crippen LogP contribution is 2.26. The number of nitrogens with one attached hydrogen (secondary N) is 1. The molecule has 100 valence electrons. The lowest BCUT2D eigenvalue weighted by Crippen LogP contribution is -1.94. The van der Waals surface area contributed by atoms with Crippen molar-refractivity contribution >= 4 is 34.0 Å². The van der Waals surface area contributed by atoms with Crippen LogP contribution in [0.5, 0.6) is 5.75 Å². The van der Waals surface area contributed by atoms with Gasteiger partial charge in [0.2, 0.25) is 0 Å². The van der Waals surface area contributed by atoms with Crippen LogP contribution >= 0.6 is 11.6 Å². The van der Waals surface area contributed by atoms with E-state index >= 15 is 0 Å². The van der Waals surface area contributed by atoms with Gasteiger partial charge in [-0.05, 0) is 42.5 Å². The Morgan fingerprint density at radius 1 is 1.05 bits per heavy atom. The molecule has 1 aromatic heterocycles. The first kappa shape index (κ1) is 12.8. The maximum atomic E-state index is 5.97. The number of fused-ring (bicyclic) bond motifs is 1. The molecule has 0 spiro atoms. The van der Waals surface area contributed by atoms with Crippen molar-refractivity contribution in [3.63, 3.8) is 0 Å². The second-order valence-electron chi connectivity index (χ2n) is 4.36. The van der Waals surface area contributed by atoms with E-state index in [1.54, 1.807) is 7.11 Å². The van der Waals surface area contributed by atoms with Gasteiger partial charge in [0.15, 0.2) is 0 Å². The number of nitrogens with zero attached hydrogens (tertiary/aromatic N) is 1. The summed E-state index contributed by atoms with van der Waals surface area (Å²) in [7, 11) is 1.66. The standard InChI is InChI=1S/C16H13ClN2O/c1-20-15-7-3-6-14-13(15)8-9-16(19-14)18-12-5-2-4-11(17)10-12/h2-10H,1H3,(H,18,19). The number of hydrogen-bond acceptors (Lipinski definition) is 3. The molecule has 1 N–H and O–H groups in total. The Balaban J connectivity index is 1.97. The van der Waals surface area contributed by atoms with Crippen LogP contribution in [0.3, 0.4) is 0 Å². The van der Waals surface area contributed by atoms with E-state index in [1.165, 1.54) is 0 Å². The van der Waals surface area contributed by atoms with E-state index in [2.05, 4.69) is 10.3 Å². The summed E-state index contributed by atoms with van der Waals surface area (Å²) in [5.74, 6) is 1.59. The SMILES string of the molecule is COc1cccc2nc(Nc3cccc(Cl)c3)ccc12. The highest BCUT2D eigenvalue weighted by Gasteiger charge is 2.03. The summed E-state index contributed by atoms with van der Waals surface area (Å²) >= 11 is 5.97. The lowest BCUT2D eigenvalue weighted by molar-refractivity contribution is 0.420. The first-order chi connectivity index (χ1) is 9.76. The summed E-state index contributed by atoms with van der Waals surface area (Å²) in [6, 6.07) is 17.3. The maximum absolute atomic E-state index is 5.97. The van der Waals surface area contributed by atoms with Crippen LogP contribution in [0.2, 0.25) is 5.02 Å². The Hall–Kier alpha value is -2.26. The van der Waals surface area contributed by atoms with Crippen molar-refractivity contribution in [2.24, 2.45) is 0 Å². The number of benzene rings is 2. The Labute approximate surface area is 122 Å².